The zero-order chi connectivity index (χ0) is 17.5. The average molecular weight is 387 g/mol. The quantitative estimate of drug-likeness (QED) is 0.571. The maximum absolute atomic E-state index is 13.0. The topological polar surface area (TPSA) is 102 Å². The van der Waals surface area contributed by atoms with Gasteiger partial charge in [-0.25, -0.2) is 4.57 Å². The van der Waals surface area contributed by atoms with Gasteiger partial charge in [-0.15, -0.1) is 0 Å². The van der Waals surface area contributed by atoms with E-state index in [0.717, 1.165) is 0 Å². The highest BCUT2D eigenvalue weighted by Crippen LogP contribution is 2.65. The molecule has 1 atom stereocenters. The fourth-order valence-corrected chi connectivity index (χ4v) is 4.76. The van der Waals surface area contributed by atoms with Crippen LogP contribution in [0.25, 0.3) is 0 Å². The Kier molecular flexibility index (Phi) is 8.42. The summed E-state index contributed by atoms with van der Waals surface area (Å²) in [4.78, 5) is 18.3. The normalized spacial score (nSPS) is 14.0. The minimum atomic E-state index is -4.93. The lowest BCUT2D eigenvalue weighted by atomic mass is 10.2. The van der Waals surface area contributed by atoms with Crippen molar-refractivity contribution in [2.24, 2.45) is 0 Å². The van der Waals surface area contributed by atoms with Gasteiger partial charge in [0.05, 0.1) is 13.2 Å². The summed E-state index contributed by atoms with van der Waals surface area (Å²) in [5.74, 6) is -1.54. The molecule has 0 bridgehead atoms. The summed E-state index contributed by atoms with van der Waals surface area (Å²) in [6.45, 7) is 3.84. The maximum Gasteiger partial charge on any atom is 0.470 e. The lowest BCUT2D eigenvalue weighted by Crippen LogP contribution is -2.10. The Morgan fingerprint density at radius 3 is 1.91 bits per heavy atom. The van der Waals surface area contributed by atoms with E-state index in [0.29, 0.717) is 17.9 Å². The highest BCUT2D eigenvalue weighted by Gasteiger charge is 2.42. The first-order chi connectivity index (χ1) is 10.7. The fraction of sp³-hybridized carbons (Fsp3) is 0.538. The van der Waals surface area contributed by atoms with Crippen molar-refractivity contribution in [3.05, 3.63) is 34.9 Å². The molecule has 2 N–H and O–H groups in total. The third-order valence-corrected chi connectivity index (χ3v) is 5.60. The predicted octanol–water partition coefficient (Wildman–Crippen LogP) is 4.49. The van der Waals surface area contributed by atoms with Gasteiger partial charge in [0, 0.05) is 5.02 Å². The zero-order valence-corrected chi connectivity index (χ0v) is 15.5. The lowest BCUT2D eigenvalue weighted by Gasteiger charge is -2.27. The molecule has 0 heterocycles. The van der Waals surface area contributed by atoms with E-state index in [1.807, 2.05) is 13.8 Å². The van der Waals surface area contributed by atoms with E-state index in [9.17, 15) is 9.13 Å². The van der Waals surface area contributed by atoms with Crippen molar-refractivity contribution < 1.29 is 32.5 Å². The monoisotopic (exact) mass is 386 g/mol. The molecule has 1 aromatic rings. The summed E-state index contributed by atoms with van der Waals surface area (Å²) >= 11 is 5.81. The number of rotatable bonds is 10. The molecule has 0 aromatic heterocycles. The molecule has 0 amide bonds. The average Bonchev–Trinajstić information content (AvgIpc) is 2.49. The molecule has 1 unspecified atom stereocenters. The Morgan fingerprint density at radius 1 is 1.04 bits per heavy atom. The predicted molar refractivity (Wildman–Crippen MR) is 87.4 cm³/mol. The van der Waals surface area contributed by atoms with E-state index in [2.05, 4.69) is 0 Å². The van der Waals surface area contributed by atoms with Crippen LogP contribution >= 0.6 is 27.0 Å². The van der Waals surface area contributed by atoms with Crippen molar-refractivity contribution in [1.82, 2.24) is 0 Å². The number of benzene rings is 1. The number of phosphoric ester groups is 1. The summed E-state index contributed by atoms with van der Waals surface area (Å²) in [5, 5.41) is 0.419. The number of hydrogen-bond acceptors (Lipinski definition) is 5. The van der Waals surface area contributed by atoms with Gasteiger partial charge in [-0.05, 0) is 30.5 Å². The van der Waals surface area contributed by atoms with Crippen LogP contribution in [-0.4, -0.2) is 23.0 Å². The first-order valence-electron chi connectivity index (χ1n) is 7.10. The second kappa shape index (κ2) is 9.30. The molecule has 7 nitrogen and oxygen atoms in total. The second-order valence-electron chi connectivity index (χ2n) is 4.71. The van der Waals surface area contributed by atoms with Crippen LogP contribution in [0.2, 0.25) is 5.02 Å². The third kappa shape index (κ3) is 7.04. The van der Waals surface area contributed by atoms with Gasteiger partial charge in [0.2, 0.25) is 0 Å². The van der Waals surface area contributed by atoms with Crippen LogP contribution < -0.4 is 0 Å². The standard InChI is InChI=1S/C13H21ClO7P2/c1-3-9-19-22(15,20-10-4-2)13(21-23(16,17)18)11-5-7-12(14)8-6-11/h5-8,13H,3-4,9-10H2,1-2H3,(H2,16,17,18). The lowest BCUT2D eigenvalue weighted by molar-refractivity contribution is 0.123. The van der Waals surface area contributed by atoms with Crippen molar-refractivity contribution >= 4 is 27.0 Å². The van der Waals surface area contributed by atoms with Crippen LogP contribution in [0, 0.1) is 0 Å². The van der Waals surface area contributed by atoms with Crippen molar-refractivity contribution in [2.45, 2.75) is 32.5 Å². The van der Waals surface area contributed by atoms with E-state index < -0.39 is 21.3 Å². The molecular weight excluding hydrogens is 366 g/mol. The van der Waals surface area contributed by atoms with Gasteiger partial charge in [-0.1, -0.05) is 37.6 Å². The highest BCUT2D eigenvalue weighted by atomic mass is 35.5. The molecule has 1 rings (SSSR count). The fourth-order valence-electron chi connectivity index (χ4n) is 1.67. The van der Waals surface area contributed by atoms with Gasteiger partial charge < -0.3 is 18.8 Å². The van der Waals surface area contributed by atoms with Crippen LogP contribution in [0.5, 0.6) is 0 Å². The molecule has 0 fully saturated rings. The van der Waals surface area contributed by atoms with Crippen LogP contribution in [-0.2, 0) is 22.7 Å². The minimum Gasteiger partial charge on any atom is -0.307 e. The molecule has 0 aliphatic carbocycles. The molecule has 0 aliphatic heterocycles. The van der Waals surface area contributed by atoms with Gasteiger partial charge in [0.15, 0.2) is 5.85 Å². The first-order valence-corrected chi connectivity index (χ1v) is 10.6. The van der Waals surface area contributed by atoms with E-state index in [1.54, 1.807) is 0 Å². The molecule has 0 spiro atoms. The van der Waals surface area contributed by atoms with Crippen LogP contribution in [0.3, 0.4) is 0 Å². The van der Waals surface area contributed by atoms with Gasteiger partial charge >= 0.3 is 15.4 Å². The number of phosphoric acid groups is 1. The van der Waals surface area contributed by atoms with E-state index in [1.165, 1.54) is 24.3 Å². The van der Waals surface area contributed by atoms with Crippen molar-refractivity contribution in [3.63, 3.8) is 0 Å². The van der Waals surface area contributed by atoms with E-state index in [4.69, 9.17) is 35.0 Å². The summed E-state index contributed by atoms with van der Waals surface area (Å²) in [6, 6.07) is 5.91. The van der Waals surface area contributed by atoms with Gasteiger partial charge in [-0.3, -0.25) is 9.09 Å². The molecule has 132 valence electrons. The van der Waals surface area contributed by atoms with Gasteiger partial charge in [-0.2, -0.15) is 0 Å². The summed E-state index contributed by atoms with van der Waals surface area (Å²) in [7, 11) is -8.88. The van der Waals surface area contributed by atoms with Crippen LogP contribution in [0.4, 0.5) is 0 Å². The molecule has 0 aliphatic rings. The molecular formula is C13H21ClO7P2. The van der Waals surface area contributed by atoms with Crippen LogP contribution in [0.1, 0.15) is 38.1 Å². The maximum atomic E-state index is 13.0. The Bertz CT molecular complexity index is 560. The SMILES string of the molecule is CCCOP(=O)(OCCC)C(OP(=O)(O)O)c1ccc(Cl)cc1. The molecule has 23 heavy (non-hydrogen) atoms. The van der Waals surface area contributed by atoms with Crippen LogP contribution in [0.15, 0.2) is 24.3 Å². The molecule has 1 aromatic carbocycles. The summed E-state index contributed by atoms with van der Waals surface area (Å²) < 4.78 is 39.7. The smallest absolute Gasteiger partial charge is 0.307 e. The largest absolute Gasteiger partial charge is 0.470 e. The molecule has 0 saturated heterocycles. The Hall–Kier alpha value is -0.230. The summed E-state index contributed by atoms with van der Waals surface area (Å²) in [6.07, 6.45) is 1.12. The van der Waals surface area contributed by atoms with Crippen molar-refractivity contribution in [3.8, 4) is 0 Å². The zero-order valence-electron chi connectivity index (χ0n) is 12.9. The number of halogens is 1. The van der Waals surface area contributed by atoms with E-state index in [-0.39, 0.29) is 18.8 Å². The van der Waals surface area contributed by atoms with E-state index >= 15 is 0 Å². The number of hydrogen-bond donors (Lipinski definition) is 2. The molecule has 0 radical (unpaired) electrons. The highest BCUT2D eigenvalue weighted by molar-refractivity contribution is 7.55. The van der Waals surface area contributed by atoms with Crippen molar-refractivity contribution in [2.75, 3.05) is 13.2 Å². The second-order valence-corrected chi connectivity index (χ2v) is 8.40. The Morgan fingerprint density at radius 2 is 1.52 bits per heavy atom. The summed E-state index contributed by atoms with van der Waals surface area (Å²) in [5.41, 5.74) is 0.244. The molecule has 10 heteroatoms. The Balaban J connectivity index is 3.23. The molecule has 0 saturated carbocycles. The third-order valence-electron chi connectivity index (χ3n) is 2.63. The minimum absolute atomic E-state index is 0.107. The van der Waals surface area contributed by atoms with Crippen molar-refractivity contribution in [1.29, 1.82) is 0 Å². The Labute approximate surface area is 140 Å². The first kappa shape index (κ1) is 20.8. The van der Waals surface area contributed by atoms with Gasteiger partial charge in [0.25, 0.3) is 0 Å². The van der Waals surface area contributed by atoms with Gasteiger partial charge in [0.1, 0.15) is 0 Å².